The fourth-order valence-corrected chi connectivity index (χ4v) is 2.77. The van der Waals surface area contributed by atoms with Crippen LogP contribution in [0.15, 0.2) is 40.2 Å². The molecule has 9 nitrogen and oxygen atoms in total. The first kappa shape index (κ1) is 26.5. The summed E-state index contributed by atoms with van der Waals surface area (Å²) in [6, 6.07) is 0. The van der Waals surface area contributed by atoms with Crippen molar-refractivity contribution in [3.05, 3.63) is 58.4 Å². The summed E-state index contributed by atoms with van der Waals surface area (Å²) in [7, 11) is 1.88. The molecule has 0 aromatic carbocycles. The normalized spacial score (nSPS) is 11.4. The van der Waals surface area contributed by atoms with Crippen molar-refractivity contribution in [1.29, 1.82) is 10.8 Å². The molecule has 0 radical (unpaired) electrons. The average Bonchev–Trinajstić information content (AvgIpc) is 2.98. The zero-order valence-corrected chi connectivity index (χ0v) is 18.5. The monoisotopic (exact) mass is 441 g/mol. The van der Waals surface area contributed by atoms with Crippen LogP contribution in [0.1, 0.15) is 46.7 Å². The number of hydrogen-bond donors (Lipinski definition) is 5. The molecule has 1 heterocycles. The smallest absolute Gasteiger partial charge is 0.269 e. The lowest BCUT2D eigenvalue weighted by Gasteiger charge is -2.06. The largest absolute Gasteiger partial charge is 0.494 e. The summed E-state index contributed by atoms with van der Waals surface area (Å²) in [4.78, 5) is 21.5. The molecule has 2 rings (SSSR count). The average molecular weight is 442 g/mol. The van der Waals surface area contributed by atoms with Crippen molar-refractivity contribution >= 4 is 30.2 Å². The summed E-state index contributed by atoms with van der Waals surface area (Å²) in [6.07, 6.45) is 12.9. The Morgan fingerprint density at radius 2 is 2.19 bits per heavy atom. The summed E-state index contributed by atoms with van der Waals surface area (Å²) in [5, 5.41) is 17.5. The zero-order chi connectivity index (χ0) is 23.8. The quantitative estimate of drug-likeness (QED) is 0.0676. The van der Waals surface area contributed by atoms with Crippen LogP contribution in [0, 0.1) is 17.7 Å². The van der Waals surface area contributed by atoms with Crippen molar-refractivity contribution in [2.75, 3.05) is 20.2 Å². The number of nitrogens with two attached hydrogens (primary N) is 1. The molecule has 0 fully saturated rings. The molecule has 1 aliphatic carbocycles. The van der Waals surface area contributed by atoms with Crippen molar-refractivity contribution in [2.45, 2.75) is 32.6 Å². The number of carbonyl (C=O) groups excluding carboxylic acids is 2. The van der Waals surface area contributed by atoms with Crippen LogP contribution in [0.2, 0.25) is 0 Å². The summed E-state index contributed by atoms with van der Waals surface area (Å²) >= 11 is 0. The Labute approximate surface area is 188 Å². The van der Waals surface area contributed by atoms with Crippen LogP contribution >= 0.6 is 0 Å². The molecule has 0 aliphatic heterocycles. The molecule has 0 atom stereocenters. The van der Waals surface area contributed by atoms with Gasteiger partial charge in [-0.1, -0.05) is 0 Å². The number of rotatable bonds is 11. The van der Waals surface area contributed by atoms with Gasteiger partial charge in [-0.25, -0.2) is 5.84 Å². The summed E-state index contributed by atoms with van der Waals surface area (Å²) in [5.74, 6) is 6.62. The third-order valence-corrected chi connectivity index (χ3v) is 4.30. The number of allylic oxidation sites excluding steroid dienone is 3. The molecule has 1 aromatic rings. The van der Waals surface area contributed by atoms with E-state index in [2.05, 4.69) is 16.5 Å². The van der Waals surface area contributed by atoms with E-state index in [0.717, 1.165) is 31.0 Å². The Bertz CT molecular complexity index is 921. The third-order valence-electron chi connectivity index (χ3n) is 4.30. The van der Waals surface area contributed by atoms with Gasteiger partial charge in [0, 0.05) is 36.4 Å². The van der Waals surface area contributed by atoms with Crippen molar-refractivity contribution in [2.24, 2.45) is 5.84 Å². The van der Waals surface area contributed by atoms with Gasteiger partial charge in [0.15, 0.2) is 0 Å². The molecule has 1 amide bonds. The van der Waals surface area contributed by atoms with E-state index in [1.165, 1.54) is 12.2 Å². The van der Waals surface area contributed by atoms with Gasteiger partial charge in [0.2, 0.25) is 0 Å². The van der Waals surface area contributed by atoms with E-state index in [1.54, 1.807) is 19.1 Å². The number of nitrogens with one attached hydrogen (secondary N) is 4. The molecule has 0 bridgehead atoms. The SMILES string of the molecule is CNCCCC=O.Cc1oc2c(c1C(=O)NN)CC=C(OCCC(=N)C=C=CC=N)C=C2. The first-order chi connectivity index (χ1) is 15.5. The van der Waals surface area contributed by atoms with E-state index in [0.29, 0.717) is 54.4 Å². The van der Waals surface area contributed by atoms with E-state index in [9.17, 15) is 9.59 Å². The molecule has 0 spiro atoms. The Hall–Kier alpha value is -3.52. The predicted octanol–water partition coefficient (Wildman–Crippen LogP) is 2.62. The Morgan fingerprint density at radius 1 is 1.41 bits per heavy atom. The molecule has 1 aliphatic rings. The summed E-state index contributed by atoms with van der Waals surface area (Å²) in [5.41, 5.74) is 6.42. The van der Waals surface area contributed by atoms with Crippen molar-refractivity contribution in [3.8, 4) is 0 Å². The zero-order valence-electron chi connectivity index (χ0n) is 18.5. The second kappa shape index (κ2) is 15.3. The van der Waals surface area contributed by atoms with Gasteiger partial charge in [-0.05, 0) is 57.7 Å². The van der Waals surface area contributed by atoms with Crippen LogP contribution in [0.4, 0.5) is 0 Å². The number of fused-ring (bicyclic) bond motifs is 1. The molecule has 6 N–H and O–H groups in total. The van der Waals surface area contributed by atoms with Gasteiger partial charge in [-0.15, -0.1) is 5.73 Å². The van der Waals surface area contributed by atoms with E-state index in [1.807, 2.05) is 13.1 Å². The minimum atomic E-state index is -0.383. The first-order valence-corrected chi connectivity index (χ1v) is 10.2. The Morgan fingerprint density at radius 3 is 2.84 bits per heavy atom. The topological polar surface area (TPSA) is 154 Å². The standard InChI is InChI=1S/C18H20N4O3.C5H11NO/c1-12-17(18(23)22-21)15-7-5-14(6-8-16(15)25-12)24-11-9-13(20)4-2-3-10-19;1-6-4-2-3-5-7/h3-6,8,10,19-20H,7,9,11,21H2,1H3,(H,22,23);5-6H,2-4H2,1H3. The molecule has 0 unspecified atom stereocenters. The second-order valence-corrected chi connectivity index (χ2v) is 6.67. The second-order valence-electron chi connectivity index (χ2n) is 6.67. The van der Waals surface area contributed by atoms with Crippen LogP contribution in [-0.4, -0.2) is 44.3 Å². The van der Waals surface area contributed by atoms with Gasteiger partial charge in [0.25, 0.3) is 5.91 Å². The summed E-state index contributed by atoms with van der Waals surface area (Å²) < 4.78 is 11.3. The van der Waals surface area contributed by atoms with Gasteiger partial charge < -0.3 is 30.1 Å². The lowest BCUT2D eigenvalue weighted by atomic mass is 10.1. The highest BCUT2D eigenvalue weighted by Gasteiger charge is 2.22. The minimum Gasteiger partial charge on any atom is -0.494 e. The van der Waals surface area contributed by atoms with Crippen molar-refractivity contribution < 1.29 is 18.7 Å². The van der Waals surface area contributed by atoms with E-state index < -0.39 is 0 Å². The molecular formula is C23H31N5O4. The highest BCUT2D eigenvalue weighted by Crippen LogP contribution is 2.27. The summed E-state index contributed by atoms with van der Waals surface area (Å²) in [6.45, 7) is 3.01. The highest BCUT2D eigenvalue weighted by molar-refractivity contribution is 5.97. The van der Waals surface area contributed by atoms with Crippen LogP contribution in [0.25, 0.3) is 6.08 Å². The maximum atomic E-state index is 11.9. The van der Waals surface area contributed by atoms with Gasteiger partial charge in [-0.3, -0.25) is 10.2 Å². The molecule has 32 heavy (non-hydrogen) atoms. The highest BCUT2D eigenvalue weighted by atomic mass is 16.5. The number of amides is 1. The third kappa shape index (κ3) is 9.09. The number of nitrogen functional groups attached to an aromatic ring is 1. The van der Waals surface area contributed by atoms with Crippen LogP contribution in [0.5, 0.6) is 0 Å². The minimum absolute atomic E-state index is 0.342. The lowest BCUT2D eigenvalue weighted by Crippen LogP contribution is -2.30. The van der Waals surface area contributed by atoms with E-state index in [4.69, 9.17) is 25.8 Å². The molecule has 0 saturated heterocycles. The number of unbranched alkanes of at least 4 members (excludes halogenated alkanes) is 1. The number of ether oxygens (including phenoxy) is 1. The number of furan rings is 1. The maximum absolute atomic E-state index is 11.9. The number of aldehydes is 1. The molecular weight excluding hydrogens is 410 g/mol. The van der Waals surface area contributed by atoms with Gasteiger partial charge >= 0.3 is 0 Å². The van der Waals surface area contributed by atoms with Gasteiger partial charge in [-0.2, -0.15) is 0 Å². The fraction of sp³-hybridized carbons (Fsp3) is 0.348. The first-order valence-electron chi connectivity index (χ1n) is 10.2. The molecule has 9 heteroatoms. The van der Waals surface area contributed by atoms with Crippen molar-refractivity contribution in [3.63, 3.8) is 0 Å². The lowest BCUT2D eigenvalue weighted by molar-refractivity contribution is -0.107. The van der Waals surface area contributed by atoms with Crippen molar-refractivity contribution in [1.82, 2.24) is 10.7 Å². The number of hydrogen-bond acceptors (Lipinski definition) is 8. The molecule has 1 aromatic heterocycles. The number of hydrazine groups is 1. The van der Waals surface area contributed by atoms with Gasteiger partial charge in [0.1, 0.15) is 23.6 Å². The van der Waals surface area contributed by atoms with E-state index in [-0.39, 0.29) is 5.91 Å². The molecule has 172 valence electrons. The van der Waals surface area contributed by atoms with Crippen LogP contribution in [0.3, 0.4) is 0 Å². The predicted molar refractivity (Wildman–Crippen MR) is 125 cm³/mol. The molecule has 0 saturated carbocycles. The Balaban J connectivity index is 0.000000633. The van der Waals surface area contributed by atoms with Crippen LogP contribution < -0.4 is 16.6 Å². The Kier molecular flexibility index (Phi) is 12.7. The fourth-order valence-electron chi connectivity index (χ4n) is 2.77. The number of carbonyl (C=O) groups is 2. The van der Waals surface area contributed by atoms with E-state index >= 15 is 0 Å². The van der Waals surface area contributed by atoms with Gasteiger partial charge in [0.05, 0.1) is 12.2 Å². The van der Waals surface area contributed by atoms with Crippen LogP contribution in [-0.2, 0) is 16.0 Å². The maximum Gasteiger partial charge on any atom is 0.269 e. The number of aryl methyl sites for hydroxylation is 1.